The minimum atomic E-state index is -1.22. The molecule has 1 N–H and O–H groups in total. The highest BCUT2D eigenvalue weighted by molar-refractivity contribution is 6.30. The Hall–Kier alpha value is -1.92. The summed E-state index contributed by atoms with van der Waals surface area (Å²) in [6.07, 6.45) is 1.51. The van der Waals surface area contributed by atoms with Gasteiger partial charge in [-0.05, 0) is 31.0 Å². The van der Waals surface area contributed by atoms with Crippen LogP contribution >= 0.6 is 24.0 Å². The van der Waals surface area contributed by atoms with Gasteiger partial charge in [-0.25, -0.2) is 14.2 Å². The molecular weight excluding hydrogens is 370 g/mol. The number of benzene rings is 1. The van der Waals surface area contributed by atoms with E-state index in [0.29, 0.717) is 34.9 Å². The molecular formula is C17H19Cl2FN2O3. The third-order valence-corrected chi connectivity index (χ3v) is 3.63. The van der Waals surface area contributed by atoms with Crippen LogP contribution in [0.3, 0.4) is 0 Å². The summed E-state index contributed by atoms with van der Waals surface area (Å²) in [7, 11) is 0. The molecule has 8 heteroatoms. The van der Waals surface area contributed by atoms with Crippen molar-refractivity contribution in [2.24, 2.45) is 0 Å². The maximum absolute atomic E-state index is 14.1. The van der Waals surface area contributed by atoms with E-state index in [1.165, 1.54) is 6.07 Å². The topological polar surface area (TPSA) is 72.3 Å². The molecule has 0 bridgehead atoms. The monoisotopic (exact) mass is 388 g/mol. The molecule has 0 aliphatic rings. The number of ether oxygens (including phenoxy) is 1. The lowest BCUT2D eigenvalue weighted by molar-refractivity contribution is 0.0681. The van der Waals surface area contributed by atoms with Crippen molar-refractivity contribution in [3.05, 3.63) is 51.7 Å². The second kappa shape index (κ2) is 9.53. The summed E-state index contributed by atoms with van der Waals surface area (Å²) in [4.78, 5) is 19.3. The second-order valence-electron chi connectivity index (χ2n) is 5.18. The van der Waals surface area contributed by atoms with Crippen LogP contribution in [-0.4, -0.2) is 27.7 Å². The van der Waals surface area contributed by atoms with Crippen molar-refractivity contribution in [1.29, 1.82) is 0 Å². The summed E-state index contributed by atoms with van der Waals surface area (Å²) in [6.45, 7) is 4.04. The number of hydrogen-bond acceptors (Lipinski definition) is 4. The van der Waals surface area contributed by atoms with Gasteiger partial charge in [0.25, 0.3) is 0 Å². The number of carboxylic acid groups (broad SMARTS) is 1. The number of carboxylic acids is 1. The molecule has 5 nitrogen and oxygen atoms in total. The molecule has 1 heterocycles. The van der Waals surface area contributed by atoms with E-state index in [9.17, 15) is 14.3 Å². The number of hydrogen-bond donors (Lipinski definition) is 1. The van der Waals surface area contributed by atoms with Gasteiger partial charge in [0.1, 0.15) is 5.82 Å². The lowest BCUT2D eigenvalue weighted by Crippen LogP contribution is -2.13. The van der Waals surface area contributed by atoms with Crippen molar-refractivity contribution in [3.8, 4) is 5.88 Å². The summed E-state index contributed by atoms with van der Waals surface area (Å²) in [5.41, 5.74) is 1.58. The number of aryl methyl sites for hydroxylation is 1. The quantitative estimate of drug-likeness (QED) is 0.763. The number of nitrogens with zero attached hydrogens (tertiary/aromatic N) is 2. The predicted octanol–water partition coefficient (Wildman–Crippen LogP) is 4.33. The van der Waals surface area contributed by atoms with Gasteiger partial charge in [-0.3, -0.25) is 0 Å². The van der Waals surface area contributed by atoms with E-state index in [1.54, 1.807) is 19.1 Å². The van der Waals surface area contributed by atoms with Gasteiger partial charge in [0.15, 0.2) is 0 Å². The van der Waals surface area contributed by atoms with Crippen molar-refractivity contribution in [2.75, 3.05) is 6.61 Å². The molecule has 0 saturated carbocycles. The molecule has 1 aromatic carbocycles. The van der Waals surface area contributed by atoms with Crippen molar-refractivity contribution >= 4 is 30.0 Å². The highest BCUT2D eigenvalue weighted by Crippen LogP contribution is 2.26. The average Bonchev–Trinajstić information content (AvgIpc) is 2.52. The molecule has 0 aliphatic heterocycles. The number of carbonyl (C=O) groups is 1. The molecule has 0 amide bonds. The molecule has 0 spiro atoms. The first kappa shape index (κ1) is 21.1. The highest BCUT2D eigenvalue weighted by atomic mass is 35.5. The van der Waals surface area contributed by atoms with Crippen LogP contribution in [0.15, 0.2) is 18.2 Å². The third kappa shape index (κ3) is 5.28. The molecule has 2 aromatic rings. The van der Waals surface area contributed by atoms with Gasteiger partial charge in [0.05, 0.1) is 12.3 Å². The Balaban J connectivity index is 0.00000312. The van der Waals surface area contributed by atoms with Crippen LogP contribution in [0.1, 0.15) is 47.7 Å². The van der Waals surface area contributed by atoms with E-state index in [-0.39, 0.29) is 30.5 Å². The Labute approximate surface area is 156 Å². The average molecular weight is 389 g/mol. The zero-order valence-corrected chi connectivity index (χ0v) is 15.5. The minimum Gasteiger partial charge on any atom is -0.478 e. The molecule has 0 atom stereocenters. The van der Waals surface area contributed by atoms with Crippen molar-refractivity contribution in [1.82, 2.24) is 9.97 Å². The first-order valence-corrected chi connectivity index (χ1v) is 8.03. The molecule has 0 fully saturated rings. The smallest absolute Gasteiger partial charge is 0.374 e. The van der Waals surface area contributed by atoms with E-state index >= 15 is 0 Å². The maximum Gasteiger partial charge on any atom is 0.374 e. The Morgan fingerprint density at radius 1 is 1.32 bits per heavy atom. The third-order valence-electron chi connectivity index (χ3n) is 3.40. The molecule has 2 rings (SSSR count). The van der Waals surface area contributed by atoms with E-state index in [1.807, 2.05) is 6.92 Å². The SMILES string of the molecule is CCCc1nc(C(=O)O)nc(OCC)c1Cc1ccc(Cl)cc1F.Cl. The van der Waals surface area contributed by atoms with Gasteiger partial charge in [0, 0.05) is 17.0 Å². The summed E-state index contributed by atoms with van der Waals surface area (Å²) in [5.74, 6) is -1.79. The molecule has 1 aromatic heterocycles. The van der Waals surface area contributed by atoms with E-state index in [2.05, 4.69) is 9.97 Å². The summed E-state index contributed by atoms with van der Waals surface area (Å²) in [6, 6.07) is 4.43. The van der Waals surface area contributed by atoms with Crippen LogP contribution in [-0.2, 0) is 12.8 Å². The highest BCUT2D eigenvalue weighted by Gasteiger charge is 2.20. The van der Waals surface area contributed by atoms with Gasteiger partial charge in [-0.15, -0.1) is 12.4 Å². The van der Waals surface area contributed by atoms with Crippen LogP contribution in [0.25, 0.3) is 0 Å². The lowest BCUT2D eigenvalue weighted by Gasteiger charge is -2.14. The van der Waals surface area contributed by atoms with Crippen molar-refractivity contribution < 1.29 is 19.0 Å². The first-order valence-electron chi connectivity index (χ1n) is 7.66. The Bertz CT molecular complexity index is 730. The second-order valence-corrected chi connectivity index (χ2v) is 5.61. The fourth-order valence-corrected chi connectivity index (χ4v) is 2.49. The molecule has 0 saturated heterocycles. The molecule has 136 valence electrons. The predicted molar refractivity (Wildman–Crippen MR) is 95.6 cm³/mol. The maximum atomic E-state index is 14.1. The molecule has 25 heavy (non-hydrogen) atoms. The minimum absolute atomic E-state index is 0. The van der Waals surface area contributed by atoms with Crippen LogP contribution in [0.4, 0.5) is 4.39 Å². The fraction of sp³-hybridized carbons (Fsp3) is 0.353. The normalized spacial score (nSPS) is 10.2. The molecule has 0 radical (unpaired) electrons. The number of aromatic carboxylic acids is 1. The number of halogens is 3. The van der Waals surface area contributed by atoms with Crippen molar-refractivity contribution in [2.45, 2.75) is 33.1 Å². The summed E-state index contributed by atoms with van der Waals surface area (Å²) in [5, 5.41) is 9.48. The molecule has 0 unspecified atom stereocenters. The van der Waals surface area contributed by atoms with E-state index < -0.39 is 11.8 Å². The Kier molecular flexibility index (Phi) is 8.06. The van der Waals surface area contributed by atoms with Gasteiger partial charge in [-0.1, -0.05) is 31.0 Å². The van der Waals surface area contributed by atoms with Crippen LogP contribution in [0, 0.1) is 5.82 Å². The van der Waals surface area contributed by atoms with Crippen LogP contribution in [0.2, 0.25) is 5.02 Å². The number of aromatic nitrogens is 2. The summed E-state index contributed by atoms with van der Waals surface area (Å²) >= 11 is 5.78. The van der Waals surface area contributed by atoms with Crippen LogP contribution < -0.4 is 4.74 Å². The van der Waals surface area contributed by atoms with E-state index in [0.717, 1.165) is 6.42 Å². The van der Waals surface area contributed by atoms with E-state index in [4.69, 9.17) is 16.3 Å². The van der Waals surface area contributed by atoms with Gasteiger partial charge in [0.2, 0.25) is 11.7 Å². The number of rotatable bonds is 7. The lowest BCUT2D eigenvalue weighted by atomic mass is 10.0. The Morgan fingerprint density at radius 3 is 2.60 bits per heavy atom. The van der Waals surface area contributed by atoms with Gasteiger partial charge >= 0.3 is 5.97 Å². The van der Waals surface area contributed by atoms with Crippen LogP contribution in [0.5, 0.6) is 5.88 Å². The molecule has 0 aliphatic carbocycles. The zero-order valence-electron chi connectivity index (χ0n) is 13.9. The summed E-state index contributed by atoms with van der Waals surface area (Å²) < 4.78 is 19.6. The first-order chi connectivity index (χ1) is 11.5. The standard InChI is InChI=1S/C17H18ClFN2O3.ClH/c1-3-5-14-12(8-10-6-7-11(18)9-13(10)19)16(24-4-2)21-15(20-14)17(22)23;/h6-7,9H,3-5,8H2,1-2H3,(H,22,23);1H. The Morgan fingerprint density at radius 2 is 2.04 bits per heavy atom. The van der Waals surface area contributed by atoms with Crippen molar-refractivity contribution in [3.63, 3.8) is 0 Å². The van der Waals surface area contributed by atoms with Gasteiger partial charge < -0.3 is 9.84 Å². The fourth-order valence-electron chi connectivity index (χ4n) is 2.34. The zero-order chi connectivity index (χ0) is 17.7. The largest absolute Gasteiger partial charge is 0.478 e. The van der Waals surface area contributed by atoms with Gasteiger partial charge in [-0.2, -0.15) is 4.98 Å².